The minimum absolute atomic E-state index is 0.217. The van der Waals surface area contributed by atoms with Crippen LogP contribution in [0.25, 0.3) is 0 Å². The van der Waals surface area contributed by atoms with E-state index >= 15 is 0 Å². The third kappa shape index (κ3) is 1.69. The highest BCUT2D eigenvalue weighted by molar-refractivity contribution is 5.87. The summed E-state index contributed by atoms with van der Waals surface area (Å²) in [6.45, 7) is 6.96. The first-order valence-corrected chi connectivity index (χ1v) is 9.75. The number of hydrogen-bond acceptors (Lipinski definition) is 6. The summed E-state index contributed by atoms with van der Waals surface area (Å²) in [6.07, 6.45) is 4.34. The summed E-state index contributed by atoms with van der Waals surface area (Å²) in [5, 5.41) is 21.3. The van der Waals surface area contributed by atoms with Crippen molar-refractivity contribution in [2.75, 3.05) is 0 Å². The lowest BCUT2D eigenvalue weighted by molar-refractivity contribution is -0.167. The first-order valence-electron chi connectivity index (χ1n) is 9.75. The van der Waals surface area contributed by atoms with E-state index in [1.807, 2.05) is 0 Å². The Kier molecular flexibility index (Phi) is 3.12. The molecule has 1 saturated heterocycles. The number of carboxylic acid groups (broad SMARTS) is 1. The maximum absolute atomic E-state index is 13.0. The lowest BCUT2D eigenvalue weighted by Crippen LogP contribution is -2.52. The van der Waals surface area contributed by atoms with Gasteiger partial charge in [0, 0.05) is 18.8 Å². The topological polar surface area (TPSA) is 110 Å². The van der Waals surface area contributed by atoms with Gasteiger partial charge in [-0.25, -0.2) is 0 Å². The van der Waals surface area contributed by atoms with Crippen LogP contribution in [-0.4, -0.2) is 45.4 Å². The zero-order valence-corrected chi connectivity index (χ0v) is 15.9. The molecule has 3 saturated carbocycles. The van der Waals surface area contributed by atoms with Crippen LogP contribution in [0.2, 0.25) is 0 Å². The number of aliphatic carboxylic acids is 1. The number of carbonyl (C=O) groups excluding carboxylic acids is 2. The number of fused-ring (bicyclic) bond motifs is 1. The molecule has 5 aliphatic rings. The minimum atomic E-state index is -1.28. The quantitative estimate of drug-likeness (QED) is 0.546. The van der Waals surface area contributed by atoms with Gasteiger partial charge in [0.2, 0.25) is 0 Å². The van der Waals surface area contributed by atoms with Gasteiger partial charge < -0.3 is 19.7 Å². The van der Waals surface area contributed by atoms with Crippen molar-refractivity contribution in [1.29, 1.82) is 0 Å². The summed E-state index contributed by atoms with van der Waals surface area (Å²) >= 11 is 0. The lowest BCUT2D eigenvalue weighted by Gasteiger charge is -2.44. The number of carbonyl (C=O) groups is 3. The summed E-state index contributed by atoms with van der Waals surface area (Å²) in [5.74, 6) is -3.84. The predicted molar refractivity (Wildman–Crippen MR) is 94.7 cm³/mol. The van der Waals surface area contributed by atoms with Gasteiger partial charge in [0.05, 0.1) is 11.5 Å². The van der Waals surface area contributed by atoms with Crippen LogP contribution < -0.4 is 0 Å². The van der Waals surface area contributed by atoms with Gasteiger partial charge in [0.25, 0.3) is 0 Å². The maximum atomic E-state index is 13.0. The molecule has 28 heavy (non-hydrogen) atoms. The van der Waals surface area contributed by atoms with Crippen LogP contribution in [0.3, 0.4) is 0 Å². The summed E-state index contributed by atoms with van der Waals surface area (Å²) in [4.78, 5) is 37.3. The SMILES string of the molecule is C=C1C[C@]23C[C@@]1(O)CC[C@H]2[C@@]12C=C[C@H](OC(C)=O)C(C)(C(=O)O1)[C@H]2C3C(=O)O. The van der Waals surface area contributed by atoms with E-state index in [1.165, 1.54) is 6.92 Å². The Morgan fingerprint density at radius 2 is 2.11 bits per heavy atom. The van der Waals surface area contributed by atoms with Gasteiger partial charge in [0.1, 0.15) is 17.1 Å². The Labute approximate surface area is 162 Å². The molecule has 1 heterocycles. The molecule has 5 rings (SSSR count). The molecule has 0 radical (unpaired) electrons. The summed E-state index contributed by atoms with van der Waals surface area (Å²) in [7, 11) is 0. The average Bonchev–Trinajstić information content (AvgIpc) is 3.00. The number of aliphatic hydroxyl groups is 1. The van der Waals surface area contributed by atoms with Crippen LogP contribution in [0.15, 0.2) is 24.3 Å². The van der Waals surface area contributed by atoms with Gasteiger partial charge in [0.15, 0.2) is 0 Å². The summed E-state index contributed by atoms with van der Waals surface area (Å²) in [6, 6.07) is 0. The summed E-state index contributed by atoms with van der Waals surface area (Å²) in [5.41, 5.74) is -3.44. The normalized spacial score (nSPS) is 52.8. The molecular weight excluding hydrogens is 364 g/mol. The van der Waals surface area contributed by atoms with E-state index in [0.717, 1.165) is 0 Å². The fourth-order valence-electron chi connectivity index (χ4n) is 7.46. The van der Waals surface area contributed by atoms with Crippen molar-refractivity contribution in [3.8, 4) is 0 Å². The first-order chi connectivity index (χ1) is 13.0. The van der Waals surface area contributed by atoms with Gasteiger partial charge >= 0.3 is 17.9 Å². The van der Waals surface area contributed by atoms with Crippen molar-refractivity contribution >= 4 is 17.9 Å². The molecule has 150 valence electrons. The number of esters is 2. The van der Waals surface area contributed by atoms with Gasteiger partial charge in [-0.2, -0.15) is 0 Å². The first kappa shape index (κ1) is 17.9. The molecule has 2 N–H and O–H groups in total. The van der Waals surface area contributed by atoms with Crippen LogP contribution >= 0.6 is 0 Å². The molecule has 2 unspecified atom stereocenters. The largest absolute Gasteiger partial charge is 0.481 e. The fourth-order valence-corrected chi connectivity index (χ4v) is 7.46. The van der Waals surface area contributed by atoms with Crippen LogP contribution in [0, 0.1) is 28.6 Å². The van der Waals surface area contributed by atoms with Crippen molar-refractivity contribution in [2.24, 2.45) is 28.6 Å². The third-order valence-electron chi connectivity index (χ3n) is 8.38. The molecule has 8 atom stereocenters. The zero-order chi connectivity index (χ0) is 20.3. The van der Waals surface area contributed by atoms with Crippen LogP contribution in [0.4, 0.5) is 0 Å². The second-order valence-corrected chi connectivity index (χ2v) is 9.52. The van der Waals surface area contributed by atoms with Crippen molar-refractivity contribution in [3.63, 3.8) is 0 Å². The van der Waals surface area contributed by atoms with Gasteiger partial charge in [-0.15, -0.1) is 0 Å². The van der Waals surface area contributed by atoms with Crippen molar-refractivity contribution in [1.82, 2.24) is 0 Å². The second-order valence-electron chi connectivity index (χ2n) is 9.52. The minimum Gasteiger partial charge on any atom is -0.481 e. The molecule has 7 nitrogen and oxygen atoms in total. The fraction of sp³-hybridized carbons (Fsp3) is 0.667. The smallest absolute Gasteiger partial charge is 0.317 e. The number of carboxylic acids is 1. The molecule has 0 aromatic rings. The van der Waals surface area contributed by atoms with E-state index in [1.54, 1.807) is 19.1 Å². The van der Waals surface area contributed by atoms with Crippen molar-refractivity contribution < 1.29 is 34.1 Å². The molecule has 0 amide bonds. The van der Waals surface area contributed by atoms with Gasteiger partial charge in [-0.3, -0.25) is 14.4 Å². The van der Waals surface area contributed by atoms with E-state index in [-0.39, 0.29) is 5.92 Å². The van der Waals surface area contributed by atoms with Crippen molar-refractivity contribution in [2.45, 2.75) is 56.8 Å². The van der Waals surface area contributed by atoms with Crippen LogP contribution in [0.5, 0.6) is 0 Å². The second kappa shape index (κ2) is 4.87. The lowest BCUT2D eigenvalue weighted by atomic mass is 9.61. The molecule has 4 aliphatic carbocycles. The van der Waals surface area contributed by atoms with E-state index in [0.29, 0.717) is 31.3 Å². The van der Waals surface area contributed by atoms with Crippen molar-refractivity contribution in [3.05, 3.63) is 24.3 Å². The third-order valence-corrected chi connectivity index (χ3v) is 8.38. The summed E-state index contributed by atoms with van der Waals surface area (Å²) < 4.78 is 11.4. The molecule has 1 aliphatic heterocycles. The van der Waals surface area contributed by atoms with E-state index < -0.39 is 57.9 Å². The Morgan fingerprint density at radius 3 is 2.75 bits per heavy atom. The highest BCUT2D eigenvalue weighted by Gasteiger charge is 2.84. The van der Waals surface area contributed by atoms with Gasteiger partial charge in [-0.05, 0) is 55.7 Å². The zero-order valence-electron chi connectivity index (χ0n) is 15.9. The number of hydrogen-bond donors (Lipinski definition) is 2. The highest BCUT2D eigenvalue weighted by atomic mass is 16.6. The Hall–Kier alpha value is -2.15. The maximum Gasteiger partial charge on any atom is 0.317 e. The standard InChI is InChI=1S/C21H24O7/c1-10-8-19-9-20(10,26)6-4-12(19)21-7-5-13(27-11(2)22)18(3,17(25)28-21)15(21)14(19)16(23)24/h5,7,12-15,26H,1,4,6,8-9H2,2-3H3,(H,23,24)/t12-,13+,14?,15-,18?,19+,20+,21-/m1/s1. The number of rotatable bonds is 2. The van der Waals surface area contributed by atoms with E-state index in [2.05, 4.69) is 6.58 Å². The molecular formula is C21H24O7. The Bertz CT molecular complexity index is 876. The van der Waals surface area contributed by atoms with Gasteiger partial charge in [-0.1, -0.05) is 6.58 Å². The number of ether oxygens (including phenoxy) is 2. The highest BCUT2D eigenvalue weighted by Crippen LogP contribution is 2.77. The molecule has 1 spiro atoms. The van der Waals surface area contributed by atoms with E-state index in [9.17, 15) is 24.6 Å². The monoisotopic (exact) mass is 388 g/mol. The van der Waals surface area contributed by atoms with Crippen LogP contribution in [-0.2, 0) is 23.9 Å². The Morgan fingerprint density at radius 1 is 1.39 bits per heavy atom. The molecule has 0 aromatic heterocycles. The predicted octanol–water partition coefficient (Wildman–Crippen LogP) is 1.60. The van der Waals surface area contributed by atoms with Crippen LogP contribution in [0.1, 0.15) is 39.5 Å². The molecule has 7 heteroatoms. The molecule has 0 aromatic carbocycles. The average molecular weight is 388 g/mol. The van der Waals surface area contributed by atoms with E-state index in [4.69, 9.17) is 9.47 Å². The molecule has 4 bridgehead atoms. The molecule has 4 fully saturated rings. The Balaban J connectivity index is 1.73.